The Kier molecular flexibility index (Phi) is 4.73. The summed E-state index contributed by atoms with van der Waals surface area (Å²) >= 11 is 0. The van der Waals surface area contributed by atoms with Gasteiger partial charge in [0, 0.05) is 38.6 Å². The van der Waals surface area contributed by atoms with Gasteiger partial charge in [-0.2, -0.15) is 13.2 Å². The van der Waals surface area contributed by atoms with Crippen LogP contribution in [0.5, 0.6) is 0 Å². The van der Waals surface area contributed by atoms with E-state index in [1.165, 1.54) is 6.07 Å². The van der Waals surface area contributed by atoms with Crippen molar-refractivity contribution in [3.8, 4) is 0 Å². The molecule has 132 valence electrons. The predicted molar refractivity (Wildman–Crippen MR) is 86.3 cm³/mol. The highest BCUT2D eigenvalue weighted by atomic mass is 19.4. The normalized spacial score (nSPS) is 15.2. The lowest BCUT2D eigenvalue weighted by Crippen LogP contribution is -2.50. The topological polar surface area (TPSA) is 61.4 Å². The molecule has 0 radical (unpaired) electrons. The number of hydrogen-bond donors (Lipinski definition) is 1. The van der Waals surface area contributed by atoms with E-state index in [0.717, 1.165) is 12.3 Å². The average Bonchev–Trinajstić information content (AvgIpc) is 2.62. The van der Waals surface area contributed by atoms with E-state index < -0.39 is 11.7 Å². The van der Waals surface area contributed by atoms with Gasteiger partial charge in [-0.3, -0.25) is 4.98 Å². The molecule has 0 unspecified atom stereocenters. The Labute approximate surface area is 142 Å². The summed E-state index contributed by atoms with van der Waals surface area (Å²) in [6.45, 7) is 1.90. The number of rotatable bonds is 2. The Balaban J connectivity index is 1.55. The fourth-order valence-corrected chi connectivity index (χ4v) is 2.52. The lowest BCUT2D eigenvalue weighted by Gasteiger charge is -2.35. The van der Waals surface area contributed by atoms with Gasteiger partial charge in [-0.1, -0.05) is 0 Å². The number of hydrogen-bond acceptors (Lipinski definition) is 4. The molecule has 2 amide bonds. The van der Waals surface area contributed by atoms with Crippen molar-refractivity contribution < 1.29 is 18.0 Å². The number of nitrogens with one attached hydrogen (secondary N) is 1. The molecular formula is C16H16F3N5O. The summed E-state index contributed by atoms with van der Waals surface area (Å²) in [7, 11) is 0. The van der Waals surface area contributed by atoms with E-state index in [0.29, 0.717) is 37.7 Å². The van der Waals surface area contributed by atoms with Crippen molar-refractivity contribution in [1.29, 1.82) is 0 Å². The molecule has 6 nitrogen and oxygen atoms in total. The van der Waals surface area contributed by atoms with Crippen molar-refractivity contribution in [3.63, 3.8) is 0 Å². The molecule has 0 saturated carbocycles. The molecule has 2 aromatic heterocycles. The second kappa shape index (κ2) is 6.96. The van der Waals surface area contributed by atoms with Crippen LogP contribution in [0.4, 0.5) is 29.5 Å². The van der Waals surface area contributed by atoms with Gasteiger partial charge < -0.3 is 15.1 Å². The zero-order valence-corrected chi connectivity index (χ0v) is 13.2. The van der Waals surface area contributed by atoms with Gasteiger partial charge in [0.05, 0.1) is 17.4 Å². The third-order valence-corrected chi connectivity index (χ3v) is 3.88. The van der Waals surface area contributed by atoms with E-state index in [1.54, 1.807) is 29.4 Å². The fourth-order valence-electron chi connectivity index (χ4n) is 2.52. The van der Waals surface area contributed by atoms with E-state index in [1.807, 2.05) is 4.90 Å². The first-order chi connectivity index (χ1) is 11.9. The number of nitrogens with zero attached hydrogens (tertiary/aromatic N) is 4. The predicted octanol–water partition coefficient (Wildman–Crippen LogP) is 2.85. The molecule has 1 N–H and O–H groups in total. The number of halogens is 3. The van der Waals surface area contributed by atoms with Gasteiger partial charge in [-0.05, 0) is 24.3 Å². The van der Waals surface area contributed by atoms with Crippen LogP contribution in [0.3, 0.4) is 0 Å². The maximum atomic E-state index is 12.6. The molecule has 0 atom stereocenters. The van der Waals surface area contributed by atoms with E-state index in [-0.39, 0.29) is 6.03 Å². The molecule has 0 bridgehead atoms. The molecule has 1 aliphatic rings. The average molecular weight is 351 g/mol. The first kappa shape index (κ1) is 17.0. The van der Waals surface area contributed by atoms with Crippen molar-refractivity contribution in [3.05, 3.63) is 48.4 Å². The van der Waals surface area contributed by atoms with Crippen molar-refractivity contribution in [2.24, 2.45) is 0 Å². The summed E-state index contributed by atoms with van der Waals surface area (Å²) in [5.74, 6) is 0.473. The maximum absolute atomic E-state index is 12.6. The lowest BCUT2D eigenvalue weighted by molar-refractivity contribution is -0.137. The summed E-state index contributed by atoms with van der Waals surface area (Å²) in [5, 5.41) is 2.76. The summed E-state index contributed by atoms with van der Waals surface area (Å²) < 4.78 is 37.7. The van der Waals surface area contributed by atoms with Gasteiger partial charge >= 0.3 is 12.2 Å². The summed E-state index contributed by atoms with van der Waals surface area (Å²) in [6, 6.07) is 5.61. The zero-order chi connectivity index (χ0) is 17.9. The molecule has 1 fully saturated rings. The number of amides is 2. The zero-order valence-electron chi connectivity index (χ0n) is 13.2. The van der Waals surface area contributed by atoms with E-state index >= 15 is 0 Å². The molecule has 3 heterocycles. The standard InChI is InChI=1S/C16H16F3N5O/c17-16(18,19)12-3-4-14(21-10-12)23-6-8-24(9-7-23)15(25)22-13-2-1-5-20-11-13/h1-5,10-11H,6-9H2,(H,22,25). The van der Waals surface area contributed by atoms with Crippen LogP contribution >= 0.6 is 0 Å². The number of piperazine rings is 1. The van der Waals surface area contributed by atoms with Crippen molar-refractivity contribution in [2.75, 3.05) is 36.4 Å². The quantitative estimate of drug-likeness (QED) is 0.904. The minimum Gasteiger partial charge on any atom is -0.353 e. The summed E-state index contributed by atoms with van der Waals surface area (Å²) in [4.78, 5) is 23.5. The number of aromatic nitrogens is 2. The molecular weight excluding hydrogens is 335 g/mol. The molecule has 1 saturated heterocycles. The number of alkyl halides is 3. The van der Waals surface area contributed by atoms with Gasteiger partial charge in [0.2, 0.25) is 0 Å². The van der Waals surface area contributed by atoms with Crippen LogP contribution in [0, 0.1) is 0 Å². The van der Waals surface area contributed by atoms with E-state index in [2.05, 4.69) is 15.3 Å². The Morgan fingerprint density at radius 1 is 1.08 bits per heavy atom. The van der Waals surface area contributed by atoms with Crippen molar-refractivity contribution in [2.45, 2.75) is 6.18 Å². The van der Waals surface area contributed by atoms with Crippen molar-refractivity contribution >= 4 is 17.5 Å². The molecule has 0 spiro atoms. The summed E-state index contributed by atoms with van der Waals surface area (Å²) in [5.41, 5.74) is -0.162. The molecule has 1 aliphatic heterocycles. The Bertz CT molecular complexity index is 713. The molecule has 25 heavy (non-hydrogen) atoms. The molecule has 0 aromatic carbocycles. The van der Waals surface area contributed by atoms with Gasteiger partial charge in [-0.25, -0.2) is 9.78 Å². The third kappa shape index (κ3) is 4.17. The number of anilines is 2. The first-order valence-corrected chi connectivity index (χ1v) is 7.67. The van der Waals surface area contributed by atoms with Crippen LogP contribution < -0.4 is 10.2 Å². The minimum atomic E-state index is -4.39. The van der Waals surface area contributed by atoms with Crippen LogP contribution in [0.25, 0.3) is 0 Å². The Morgan fingerprint density at radius 2 is 1.84 bits per heavy atom. The summed E-state index contributed by atoms with van der Waals surface area (Å²) in [6.07, 6.45) is -0.392. The molecule has 2 aromatic rings. The largest absolute Gasteiger partial charge is 0.417 e. The highest BCUT2D eigenvalue weighted by Crippen LogP contribution is 2.29. The SMILES string of the molecule is O=C(Nc1cccnc1)N1CCN(c2ccc(C(F)(F)F)cn2)CC1. The second-order valence-electron chi connectivity index (χ2n) is 5.55. The van der Waals surface area contributed by atoms with Gasteiger partial charge in [-0.15, -0.1) is 0 Å². The van der Waals surface area contributed by atoms with Crippen LogP contribution in [0.1, 0.15) is 5.56 Å². The fraction of sp³-hybridized carbons (Fsp3) is 0.312. The smallest absolute Gasteiger partial charge is 0.353 e. The molecule has 0 aliphatic carbocycles. The highest BCUT2D eigenvalue weighted by Gasteiger charge is 2.31. The number of pyridine rings is 2. The van der Waals surface area contributed by atoms with Crippen LogP contribution in [-0.2, 0) is 6.18 Å². The van der Waals surface area contributed by atoms with Crippen molar-refractivity contribution in [1.82, 2.24) is 14.9 Å². The first-order valence-electron chi connectivity index (χ1n) is 7.67. The Morgan fingerprint density at radius 3 is 2.40 bits per heavy atom. The van der Waals surface area contributed by atoms with Gasteiger partial charge in [0.25, 0.3) is 0 Å². The highest BCUT2D eigenvalue weighted by molar-refractivity contribution is 5.89. The van der Waals surface area contributed by atoms with E-state index in [4.69, 9.17) is 0 Å². The van der Waals surface area contributed by atoms with Gasteiger partial charge in [0.1, 0.15) is 5.82 Å². The third-order valence-electron chi connectivity index (χ3n) is 3.88. The van der Waals surface area contributed by atoms with E-state index in [9.17, 15) is 18.0 Å². The van der Waals surface area contributed by atoms with Crippen LogP contribution in [0.2, 0.25) is 0 Å². The van der Waals surface area contributed by atoms with Crippen LogP contribution in [0.15, 0.2) is 42.9 Å². The number of carbonyl (C=O) groups excluding carboxylic acids is 1. The minimum absolute atomic E-state index is 0.229. The van der Waals surface area contributed by atoms with Gasteiger partial charge in [0.15, 0.2) is 0 Å². The second-order valence-corrected chi connectivity index (χ2v) is 5.55. The molecule has 3 rings (SSSR count). The number of carbonyl (C=O) groups is 1. The molecule has 9 heteroatoms. The Hall–Kier alpha value is -2.84. The monoisotopic (exact) mass is 351 g/mol. The lowest BCUT2D eigenvalue weighted by atomic mass is 10.2. The maximum Gasteiger partial charge on any atom is 0.417 e. The number of urea groups is 1. The van der Waals surface area contributed by atoms with Crippen LogP contribution in [-0.4, -0.2) is 47.1 Å².